The Bertz CT molecular complexity index is 364. The molecule has 1 aromatic carbocycles. The number of anilines is 1. The molecule has 0 aliphatic rings. The van der Waals surface area contributed by atoms with Gasteiger partial charge in [-0.2, -0.15) is 11.3 Å². The van der Waals surface area contributed by atoms with Crippen molar-refractivity contribution in [3.63, 3.8) is 0 Å². The molecule has 1 nitrogen and oxygen atoms in total. The summed E-state index contributed by atoms with van der Waals surface area (Å²) in [5.41, 5.74) is 6.41. The average molecular weight is 207 g/mol. The van der Waals surface area contributed by atoms with Crippen LogP contribution in [0.15, 0.2) is 50.9 Å². The van der Waals surface area contributed by atoms with E-state index in [9.17, 15) is 0 Å². The molecule has 66 valence electrons. The Hall–Kier alpha value is -0.930. The number of benzene rings is 1. The van der Waals surface area contributed by atoms with Gasteiger partial charge in [-0.3, -0.25) is 0 Å². The molecule has 2 rings (SSSR count). The molecule has 0 saturated carbocycles. The van der Waals surface area contributed by atoms with Crippen LogP contribution in [0.1, 0.15) is 0 Å². The van der Waals surface area contributed by atoms with Crippen molar-refractivity contribution in [2.24, 2.45) is 0 Å². The summed E-state index contributed by atoms with van der Waals surface area (Å²) in [5.74, 6) is 0. The SMILES string of the molecule is Nc1ccc(Sc2ccsc2)cc1. The van der Waals surface area contributed by atoms with Crippen molar-refractivity contribution in [2.75, 3.05) is 5.73 Å². The molecule has 0 bridgehead atoms. The maximum absolute atomic E-state index is 5.59. The number of nitrogen functional groups attached to an aromatic ring is 1. The second-order valence-electron chi connectivity index (χ2n) is 2.63. The van der Waals surface area contributed by atoms with Gasteiger partial charge in [0.05, 0.1) is 0 Å². The molecular weight excluding hydrogens is 198 g/mol. The second kappa shape index (κ2) is 3.85. The zero-order valence-electron chi connectivity index (χ0n) is 6.94. The summed E-state index contributed by atoms with van der Waals surface area (Å²) in [7, 11) is 0. The van der Waals surface area contributed by atoms with Crippen LogP contribution in [0.2, 0.25) is 0 Å². The normalized spacial score (nSPS) is 10.2. The van der Waals surface area contributed by atoms with Gasteiger partial charge in [0.25, 0.3) is 0 Å². The summed E-state index contributed by atoms with van der Waals surface area (Å²) < 4.78 is 0. The van der Waals surface area contributed by atoms with E-state index in [1.54, 1.807) is 23.1 Å². The van der Waals surface area contributed by atoms with Crippen molar-refractivity contribution in [1.82, 2.24) is 0 Å². The third-order valence-electron chi connectivity index (χ3n) is 1.61. The molecule has 2 aromatic rings. The molecular formula is C10H9NS2. The van der Waals surface area contributed by atoms with Crippen molar-refractivity contribution in [3.8, 4) is 0 Å². The Labute approximate surface area is 85.6 Å². The Kier molecular flexibility index (Phi) is 2.57. The van der Waals surface area contributed by atoms with E-state index < -0.39 is 0 Å². The lowest BCUT2D eigenvalue weighted by molar-refractivity contribution is 1.44. The zero-order valence-corrected chi connectivity index (χ0v) is 8.57. The predicted molar refractivity (Wildman–Crippen MR) is 59.3 cm³/mol. The largest absolute Gasteiger partial charge is 0.399 e. The Morgan fingerprint density at radius 1 is 1.00 bits per heavy atom. The molecule has 0 spiro atoms. The minimum absolute atomic E-state index is 0.815. The molecule has 0 amide bonds. The highest BCUT2D eigenvalue weighted by Gasteiger charge is 1.96. The van der Waals surface area contributed by atoms with E-state index >= 15 is 0 Å². The van der Waals surface area contributed by atoms with Crippen LogP contribution in [0.4, 0.5) is 5.69 Å². The Balaban J connectivity index is 2.15. The van der Waals surface area contributed by atoms with E-state index in [-0.39, 0.29) is 0 Å². The van der Waals surface area contributed by atoms with Gasteiger partial charge in [0, 0.05) is 20.9 Å². The fourth-order valence-corrected chi connectivity index (χ4v) is 2.62. The second-order valence-corrected chi connectivity index (χ2v) is 4.56. The van der Waals surface area contributed by atoms with E-state index in [2.05, 4.69) is 16.8 Å². The van der Waals surface area contributed by atoms with Crippen LogP contribution in [0.5, 0.6) is 0 Å². The van der Waals surface area contributed by atoms with Crippen molar-refractivity contribution < 1.29 is 0 Å². The maximum Gasteiger partial charge on any atom is 0.0314 e. The predicted octanol–water partition coefficient (Wildman–Crippen LogP) is 3.48. The third kappa shape index (κ3) is 2.26. The summed E-state index contributed by atoms with van der Waals surface area (Å²) in [6, 6.07) is 10.0. The number of thiophene rings is 1. The fraction of sp³-hybridized carbons (Fsp3) is 0. The van der Waals surface area contributed by atoms with Crippen molar-refractivity contribution >= 4 is 28.8 Å². The van der Waals surface area contributed by atoms with Crippen LogP contribution in [-0.2, 0) is 0 Å². The average Bonchev–Trinajstić information content (AvgIpc) is 2.62. The van der Waals surface area contributed by atoms with Crippen LogP contribution >= 0.6 is 23.1 Å². The van der Waals surface area contributed by atoms with Gasteiger partial charge < -0.3 is 5.73 Å². The highest BCUT2D eigenvalue weighted by atomic mass is 32.2. The van der Waals surface area contributed by atoms with E-state index in [1.165, 1.54) is 9.79 Å². The minimum atomic E-state index is 0.815. The maximum atomic E-state index is 5.59. The highest BCUT2D eigenvalue weighted by molar-refractivity contribution is 7.99. The molecule has 1 heterocycles. The number of rotatable bonds is 2. The molecule has 13 heavy (non-hydrogen) atoms. The summed E-state index contributed by atoms with van der Waals surface area (Å²) in [6.07, 6.45) is 0. The van der Waals surface area contributed by atoms with Gasteiger partial charge in [0.2, 0.25) is 0 Å². The summed E-state index contributed by atoms with van der Waals surface area (Å²) in [5, 5.41) is 4.22. The van der Waals surface area contributed by atoms with Crippen LogP contribution in [0.25, 0.3) is 0 Å². The summed E-state index contributed by atoms with van der Waals surface area (Å²) in [4.78, 5) is 2.52. The zero-order chi connectivity index (χ0) is 9.10. The van der Waals surface area contributed by atoms with Gasteiger partial charge in [-0.1, -0.05) is 11.8 Å². The lowest BCUT2D eigenvalue weighted by Gasteiger charge is -1.98. The molecule has 0 unspecified atom stereocenters. The standard InChI is InChI=1S/C10H9NS2/c11-8-1-3-9(4-2-8)13-10-5-6-12-7-10/h1-7H,11H2. The molecule has 0 saturated heterocycles. The van der Waals surface area contributed by atoms with Gasteiger partial charge in [-0.25, -0.2) is 0 Å². The molecule has 2 N–H and O–H groups in total. The molecule has 0 aliphatic heterocycles. The van der Waals surface area contributed by atoms with E-state index in [0.29, 0.717) is 0 Å². The summed E-state index contributed by atoms with van der Waals surface area (Å²) >= 11 is 3.47. The number of nitrogens with two attached hydrogens (primary N) is 1. The smallest absolute Gasteiger partial charge is 0.0314 e. The van der Waals surface area contributed by atoms with Crippen molar-refractivity contribution in [2.45, 2.75) is 9.79 Å². The van der Waals surface area contributed by atoms with Gasteiger partial charge in [-0.05, 0) is 35.7 Å². The van der Waals surface area contributed by atoms with Gasteiger partial charge >= 0.3 is 0 Å². The molecule has 0 fully saturated rings. The lowest BCUT2D eigenvalue weighted by atomic mass is 10.3. The van der Waals surface area contributed by atoms with Crippen molar-refractivity contribution in [1.29, 1.82) is 0 Å². The molecule has 0 radical (unpaired) electrons. The van der Waals surface area contributed by atoms with E-state index in [4.69, 9.17) is 5.73 Å². The quantitative estimate of drug-likeness (QED) is 0.763. The van der Waals surface area contributed by atoms with Crippen LogP contribution < -0.4 is 5.73 Å². The summed E-state index contributed by atoms with van der Waals surface area (Å²) in [6.45, 7) is 0. The monoisotopic (exact) mass is 207 g/mol. The first kappa shape index (κ1) is 8.66. The molecule has 1 aromatic heterocycles. The first-order valence-corrected chi connectivity index (χ1v) is 5.66. The number of hydrogen-bond donors (Lipinski definition) is 1. The van der Waals surface area contributed by atoms with E-state index in [1.807, 2.05) is 24.3 Å². The van der Waals surface area contributed by atoms with Crippen LogP contribution in [0, 0.1) is 0 Å². The topological polar surface area (TPSA) is 26.0 Å². The minimum Gasteiger partial charge on any atom is -0.399 e. The van der Waals surface area contributed by atoms with Crippen LogP contribution in [0.3, 0.4) is 0 Å². The Morgan fingerprint density at radius 2 is 1.77 bits per heavy atom. The van der Waals surface area contributed by atoms with Gasteiger partial charge in [0.15, 0.2) is 0 Å². The van der Waals surface area contributed by atoms with Crippen LogP contribution in [-0.4, -0.2) is 0 Å². The highest BCUT2D eigenvalue weighted by Crippen LogP contribution is 2.29. The van der Waals surface area contributed by atoms with Gasteiger partial charge in [0.1, 0.15) is 0 Å². The molecule has 3 heteroatoms. The molecule has 0 aliphatic carbocycles. The first-order valence-electron chi connectivity index (χ1n) is 3.90. The third-order valence-corrected chi connectivity index (χ3v) is 3.44. The molecule has 0 atom stereocenters. The fourth-order valence-electron chi connectivity index (χ4n) is 0.982. The lowest BCUT2D eigenvalue weighted by Crippen LogP contribution is -1.81. The first-order chi connectivity index (χ1) is 6.34. The van der Waals surface area contributed by atoms with E-state index in [0.717, 1.165) is 5.69 Å². The Morgan fingerprint density at radius 3 is 2.38 bits per heavy atom. The van der Waals surface area contributed by atoms with Crippen molar-refractivity contribution in [3.05, 3.63) is 41.1 Å². The number of hydrogen-bond acceptors (Lipinski definition) is 3. The van der Waals surface area contributed by atoms with Gasteiger partial charge in [-0.15, -0.1) is 0 Å².